The average molecular weight is 372 g/mol. The third-order valence-corrected chi connectivity index (χ3v) is 4.42. The Labute approximate surface area is 157 Å². The summed E-state index contributed by atoms with van der Waals surface area (Å²) in [6.45, 7) is 7.34. The SMILES string of the molecule is Cc1cccc2ccnc(O[C@@H]3C[C@@H](C(=O)O)N(C(=O)OC(C)(C)C)C3)c12. The minimum absolute atomic E-state index is 0.135. The van der Waals surface area contributed by atoms with Gasteiger partial charge < -0.3 is 14.6 Å². The molecule has 0 aliphatic carbocycles. The Bertz CT molecular complexity index is 869. The van der Waals surface area contributed by atoms with Crippen LogP contribution in [0.3, 0.4) is 0 Å². The Morgan fingerprint density at radius 1 is 1.26 bits per heavy atom. The summed E-state index contributed by atoms with van der Waals surface area (Å²) >= 11 is 0. The van der Waals surface area contributed by atoms with E-state index >= 15 is 0 Å². The summed E-state index contributed by atoms with van der Waals surface area (Å²) in [5.74, 6) is -0.625. The standard InChI is InChI=1S/C20H24N2O5/c1-12-6-5-7-13-8-9-21-17(16(12)13)26-14-10-15(18(23)24)22(11-14)19(25)27-20(2,3)4/h5-9,14-15H,10-11H2,1-4H3,(H,23,24)/t14-,15+/m1/s1. The Kier molecular flexibility index (Phi) is 4.95. The van der Waals surface area contributed by atoms with Gasteiger partial charge in [0.25, 0.3) is 0 Å². The Hall–Kier alpha value is -2.83. The fraction of sp³-hybridized carbons (Fsp3) is 0.450. The molecule has 1 saturated heterocycles. The molecule has 0 unspecified atom stereocenters. The number of rotatable bonds is 3. The first-order chi connectivity index (χ1) is 12.7. The van der Waals surface area contributed by atoms with Crippen LogP contribution in [0.5, 0.6) is 5.88 Å². The van der Waals surface area contributed by atoms with E-state index in [9.17, 15) is 14.7 Å². The van der Waals surface area contributed by atoms with Crippen LogP contribution in [-0.4, -0.2) is 51.3 Å². The number of aryl methyl sites for hydroxylation is 1. The molecule has 0 bridgehead atoms. The monoisotopic (exact) mass is 372 g/mol. The van der Waals surface area contributed by atoms with E-state index in [0.29, 0.717) is 5.88 Å². The zero-order chi connectivity index (χ0) is 19.8. The maximum Gasteiger partial charge on any atom is 0.411 e. The van der Waals surface area contributed by atoms with Crippen molar-refractivity contribution in [3.8, 4) is 5.88 Å². The van der Waals surface area contributed by atoms with E-state index in [-0.39, 0.29) is 13.0 Å². The minimum Gasteiger partial charge on any atom is -0.480 e. The molecule has 144 valence electrons. The molecule has 1 fully saturated rings. The Morgan fingerprint density at radius 3 is 2.67 bits per heavy atom. The lowest BCUT2D eigenvalue weighted by molar-refractivity contribution is -0.142. The van der Waals surface area contributed by atoms with Gasteiger partial charge in [-0.1, -0.05) is 18.2 Å². The van der Waals surface area contributed by atoms with Gasteiger partial charge in [-0.05, 0) is 44.7 Å². The average Bonchev–Trinajstić information content (AvgIpc) is 2.98. The zero-order valence-corrected chi connectivity index (χ0v) is 15.9. The number of amides is 1. The molecule has 1 aliphatic rings. The number of likely N-dealkylation sites (tertiary alicyclic amines) is 1. The number of pyridine rings is 1. The molecule has 0 saturated carbocycles. The second-order valence-electron chi connectivity index (χ2n) is 7.75. The first-order valence-corrected chi connectivity index (χ1v) is 8.89. The van der Waals surface area contributed by atoms with E-state index < -0.39 is 29.8 Å². The number of fused-ring (bicyclic) bond motifs is 1. The van der Waals surface area contributed by atoms with Crippen LogP contribution in [0, 0.1) is 6.92 Å². The number of hydrogen-bond acceptors (Lipinski definition) is 5. The van der Waals surface area contributed by atoms with Crippen LogP contribution >= 0.6 is 0 Å². The second-order valence-corrected chi connectivity index (χ2v) is 7.75. The normalized spacial score (nSPS) is 19.9. The molecule has 1 aliphatic heterocycles. The molecule has 7 heteroatoms. The van der Waals surface area contributed by atoms with Crippen LogP contribution in [0.15, 0.2) is 30.5 Å². The van der Waals surface area contributed by atoms with Crippen LogP contribution in [0.1, 0.15) is 32.8 Å². The fourth-order valence-corrected chi connectivity index (χ4v) is 3.26. The molecule has 0 radical (unpaired) electrons. The fourth-order valence-electron chi connectivity index (χ4n) is 3.26. The molecule has 1 aromatic carbocycles. The summed E-state index contributed by atoms with van der Waals surface area (Å²) in [6.07, 6.45) is 0.713. The molecule has 2 atom stereocenters. The van der Waals surface area contributed by atoms with Gasteiger partial charge in [0, 0.05) is 18.0 Å². The van der Waals surface area contributed by atoms with Gasteiger partial charge in [-0.2, -0.15) is 0 Å². The quantitative estimate of drug-likeness (QED) is 0.888. The largest absolute Gasteiger partial charge is 0.480 e. The molecule has 1 aromatic heterocycles. The molecule has 27 heavy (non-hydrogen) atoms. The summed E-state index contributed by atoms with van der Waals surface area (Å²) in [6, 6.07) is 6.82. The number of ether oxygens (including phenoxy) is 2. The predicted molar refractivity (Wildman–Crippen MR) is 99.9 cm³/mol. The molecule has 1 N–H and O–H groups in total. The van der Waals surface area contributed by atoms with Crippen molar-refractivity contribution in [2.75, 3.05) is 6.54 Å². The molecule has 2 aromatic rings. The van der Waals surface area contributed by atoms with Crippen molar-refractivity contribution in [2.24, 2.45) is 0 Å². The summed E-state index contributed by atoms with van der Waals surface area (Å²) in [4.78, 5) is 29.6. The number of carbonyl (C=O) groups excluding carboxylic acids is 1. The zero-order valence-electron chi connectivity index (χ0n) is 15.9. The molecule has 2 heterocycles. The highest BCUT2D eigenvalue weighted by Crippen LogP contribution is 2.30. The lowest BCUT2D eigenvalue weighted by atomic mass is 10.1. The van der Waals surface area contributed by atoms with Crippen molar-refractivity contribution < 1.29 is 24.2 Å². The van der Waals surface area contributed by atoms with Gasteiger partial charge in [0.2, 0.25) is 5.88 Å². The smallest absolute Gasteiger partial charge is 0.411 e. The van der Waals surface area contributed by atoms with Crippen molar-refractivity contribution >= 4 is 22.8 Å². The highest BCUT2D eigenvalue weighted by atomic mass is 16.6. The number of carboxylic acids is 1. The van der Waals surface area contributed by atoms with Gasteiger partial charge in [0.15, 0.2) is 0 Å². The molecule has 3 rings (SSSR count). The van der Waals surface area contributed by atoms with Crippen LogP contribution in [-0.2, 0) is 9.53 Å². The van der Waals surface area contributed by atoms with Crippen LogP contribution in [0.2, 0.25) is 0 Å². The van der Waals surface area contributed by atoms with Crippen LogP contribution in [0.4, 0.5) is 4.79 Å². The van der Waals surface area contributed by atoms with E-state index in [0.717, 1.165) is 16.3 Å². The molecule has 0 spiro atoms. The number of benzene rings is 1. The summed E-state index contributed by atoms with van der Waals surface area (Å²) < 4.78 is 11.4. The van der Waals surface area contributed by atoms with E-state index in [1.807, 2.05) is 31.2 Å². The Morgan fingerprint density at radius 2 is 2.00 bits per heavy atom. The first kappa shape index (κ1) is 18.9. The number of aromatic nitrogens is 1. The minimum atomic E-state index is -1.07. The summed E-state index contributed by atoms with van der Waals surface area (Å²) in [7, 11) is 0. The molecule has 1 amide bonds. The van der Waals surface area contributed by atoms with Gasteiger partial charge in [-0.25, -0.2) is 14.6 Å². The molecular weight excluding hydrogens is 348 g/mol. The van der Waals surface area contributed by atoms with E-state index in [2.05, 4.69) is 4.98 Å². The predicted octanol–water partition coefficient (Wildman–Crippen LogP) is 3.38. The first-order valence-electron chi connectivity index (χ1n) is 8.89. The van der Waals surface area contributed by atoms with Crippen molar-refractivity contribution in [1.29, 1.82) is 0 Å². The summed E-state index contributed by atoms with van der Waals surface area (Å²) in [5, 5.41) is 11.4. The van der Waals surface area contributed by atoms with Crippen molar-refractivity contribution in [3.05, 3.63) is 36.0 Å². The Balaban J connectivity index is 1.83. The van der Waals surface area contributed by atoms with E-state index in [4.69, 9.17) is 9.47 Å². The van der Waals surface area contributed by atoms with Gasteiger partial charge in [-0.3, -0.25) is 4.90 Å². The lowest BCUT2D eigenvalue weighted by Crippen LogP contribution is -2.43. The van der Waals surface area contributed by atoms with Crippen molar-refractivity contribution in [3.63, 3.8) is 0 Å². The number of aliphatic carboxylic acids is 1. The number of hydrogen-bond donors (Lipinski definition) is 1. The highest BCUT2D eigenvalue weighted by Gasteiger charge is 2.43. The molecule has 7 nitrogen and oxygen atoms in total. The summed E-state index contributed by atoms with van der Waals surface area (Å²) in [5.41, 5.74) is 0.320. The second kappa shape index (κ2) is 7.06. The maximum absolute atomic E-state index is 12.4. The number of carboxylic acid groups (broad SMARTS) is 1. The van der Waals surface area contributed by atoms with Crippen LogP contribution in [0.25, 0.3) is 10.8 Å². The van der Waals surface area contributed by atoms with E-state index in [1.165, 1.54) is 4.90 Å². The van der Waals surface area contributed by atoms with Gasteiger partial charge >= 0.3 is 12.1 Å². The lowest BCUT2D eigenvalue weighted by Gasteiger charge is -2.26. The maximum atomic E-state index is 12.4. The van der Waals surface area contributed by atoms with Gasteiger partial charge in [0.05, 0.1) is 6.54 Å². The highest BCUT2D eigenvalue weighted by molar-refractivity contribution is 5.89. The molecular formula is C20H24N2O5. The third kappa shape index (κ3) is 4.13. The topological polar surface area (TPSA) is 89.0 Å². The number of nitrogens with zero attached hydrogens (tertiary/aromatic N) is 2. The van der Waals surface area contributed by atoms with Gasteiger partial charge in [-0.15, -0.1) is 0 Å². The van der Waals surface area contributed by atoms with Gasteiger partial charge in [0.1, 0.15) is 17.7 Å². The number of carbonyl (C=O) groups is 2. The third-order valence-electron chi connectivity index (χ3n) is 4.42. The van der Waals surface area contributed by atoms with E-state index in [1.54, 1.807) is 27.0 Å². The van der Waals surface area contributed by atoms with Crippen molar-refractivity contribution in [1.82, 2.24) is 9.88 Å². The van der Waals surface area contributed by atoms with Crippen molar-refractivity contribution in [2.45, 2.75) is 51.9 Å². The van der Waals surface area contributed by atoms with Crippen LogP contribution < -0.4 is 4.74 Å².